The third-order valence-electron chi connectivity index (χ3n) is 3.37. The minimum absolute atomic E-state index is 1.04. The number of halogens is 1. The Morgan fingerprint density at radius 2 is 1.69 bits per heavy atom. The van der Waals surface area contributed by atoms with Crippen LogP contribution in [0.3, 0.4) is 0 Å². The fraction of sp³-hybridized carbons (Fsp3) is 0.818. The predicted octanol–water partition coefficient (Wildman–Crippen LogP) is 2.86. The molecule has 1 nitrogen and oxygen atoms in total. The van der Waals surface area contributed by atoms with Crippen molar-refractivity contribution in [2.45, 2.75) is 25.7 Å². The zero-order valence-electron chi connectivity index (χ0n) is 8.08. The molecule has 0 aromatic heterocycles. The van der Waals surface area contributed by atoms with Gasteiger partial charge >= 0.3 is 0 Å². The lowest BCUT2D eigenvalue weighted by atomic mass is 9.92. The van der Waals surface area contributed by atoms with Crippen molar-refractivity contribution in [3.63, 3.8) is 0 Å². The lowest BCUT2D eigenvalue weighted by molar-refractivity contribution is 0.187. The Bertz CT molecular complexity index is 179. The van der Waals surface area contributed by atoms with Crippen LogP contribution in [0.1, 0.15) is 25.7 Å². The fourth-order valence-corrected chi connectivity index (χ4v) is 2.44. The molecule has 0 aromatic rings. The van der Waals surface area contributed by atoms with Gasteiger partial charge in [-0.05, 0) is 50.6 Å². The van der Waals surface area contributed by atoms with E-state index in [-0.39, 0.29) is 0 Å². The third-order valence-corrected chi connectivity index (χ3v) is 3.55. The second-order valence-electron chi connectivity index (χ2n) is 4.34. The monoisotopic (exact) mass is 199 g/mol. The van der Waals surface area contributed by atoms with Gasteiger partial charge in [-0.15, -0.1) is 0 Å². The molecule has 1 heterocycles. The molecule has 2 fully saturated rings. The highest BCUT2D eigenvalue weighted by Crippen LogP contribution is 2.41. The molecule has 74 valence electrons. The Morgan fingerprint density at radius 1 is 1.08 bits per heavy atom. The second kappa shape index (κ2) is 4.47. The topological polar surface area (TPSA) is 3.24 Å². The third kappa shape index (κ3) is 2.72. The number of piperidine rings is 1. The molecule has 1 aliphatic carbocycles. The number of hydrogen-bond donors (Lipinski definition) is 0. The second-order valence-corrected chi connectivity index (χ2v) is 4.59. The minimum atomic E-state index is 1.04. The van der Waals surface area contributed by atoms with Crippen LogP contribution in [-0.2, 0) is 0 Å². The van der Waals surface area contributed by atoms with Crippen molar-refractivity contribution < 1.29 is 0 Å². The highest BCUT2D eigenvalue weighted by atomic mass is 35.5. The summed E-state index contributed by atoms with van der Waals surface area (Å²) < 4.78 is 0. The van der Waals surface area contributed by atoms with E-state index in [1.807, 2.05) is 6.08 Å². The first-order valence-electron chi connectivity index (χ1n) is 5.37. The first-order chi connectivity index (χ1) is 6.40. The molecule has 0 aromatic carbocycles. The molecule has 0 spiro atoms. The van der Waals surface area contributed by atoms with Gasteiger partial charge in [0.1, 0.15) is 0 Å². The molecule has 1 aliphatic heterocycles. The predicted molar refractivity (Wildman–Crippen MR) is 56.9 cm³/mol. The fourth-order valence-electron chi connectivity index (χ4n) is 2.36. The standard InChI is InChI=1S/C11H18ClN/c12-6-1-7-13-8-4-11(5-9-13)10-2-3-10/h1,6,10-11H,2-5,7-9H2/b6-1+. The highest BCUT2D eigenvalue weighted by Gasteiger charge is 2.32. The maximum Gasteiger partial charge on any atom is 0.0174 e. The molecule has 0 atom stereocenters. The maximum absolute atomic E-state index is 5.50. The summed E-state index contributed by atoms with van der Waals surface area (Å²) in [6, 6.07) is 0. The van der Waals surface area contributed by atoms with Crippen LogP contribution >= 0.6 is 11.6 Å². The van der Waals surface area contributed by atoms with Crippen molar-refractivity contribution in [3.8, 4) is 0 Å². The largest absolute Gasteiger partial charge is 0.300 e. The van der Waals surface area contributed by atoms with Gasteiger partial charge in [-0.25, -0.2) is 0 Å². The molecule has 2 aliphatic rings. The van der Waals surface area contributed by atoms with E-state index in [0.29, 0.717) is 0 Å². The Kier molecular flexibility index (Phi) is 3.28. The molecule has 0 amide bonds. The molecule has 2 rings (SSSR count). The summed E-state index contributed by atoms with van der Waals surface area (Å²) >= 11 is 5.50. The van der Waals surface area contributed by atoms with Crippen LogP contribution in [0.2, 0.25) is 0 Å². The summed E-state index contributed by atoms with van der Waals surface area (Å²) in [7, 11) is 0. The number of rotatable bonds is 3. The lowest BCUT2D eigenvalue weighted by Crippen LogP contribution is -2.34. The van der Waals surface area contributed by atoms with Crippen molar-refractivity contribution in [2.75, 3.05) is 19.6 Å². The van der Waals surface area contributed by atoms with Gasteiger partial charge in [0.25, 0.3) is 0 Å². The van der Waals surface area contributed by atoms with E-state index in [4.69, 9.17) is 11.6 Å². The summed E-state index contributed by atoms with van der Waals surface area (Å²) in [5.41, 5.74) is 1.63. The summed E-state index contributed by atoms with van der Waals surface area (Å²) in [5.74, 6) is 2.15. The molecule has 0 N–H and O–H groups in total. The van der Waals surface area contributed by atoms with Crippen LogP contribution in [0.15, 0.2) is 11.6 Å². The maximum atomic E-state index is 5.50. The Morgan fingerprint density at radius 3 is 2.23 bits per heavy atom. The van der Waals surface area contributed by atoms with Crippen molar-refractivity contribution in [1.29, 1.82) is 0 Å². The average molecular weight is 200 g/mol. The Hall–Kier alpha value is -0.0100. The molecule has 0 unspecified atom stereocenters. The zero-order chi connectivity index (χ0) is 9.10. The summed E-state index contributed by atoms with van der Waals surface area (Å²) in [6.45, 7) is 3.60. The van der Waals surface area contributed by atoms with Crippen LogP contribution < -0.4 is 0 Å². The van der Waals surface area contributed by atoms with Gasteiger partial charge in [-0.3, -0.25) is 4.90 Å². The number of nitrogens with zero attached hydrogens (tertiary/aromatic N) is 1. The molecule has 0 radical (unpaired) electrons. The van der Waals surface area contributed by atoms with Gasteiger partial charge in [0.05, 0.1) is 0 Å². The van der Waals surface area contributed by atoms with E-state index in [2.05, 4.69) is 4.90 Å². The molecule has 13 heavy (non-hydrogen) atoms. The van der Waals surface area contributed by atoms with E-state index < -0.39 is 0 Å². The quantitative estimate of drug-likeness (QED) is 0.676. The molecule has 0 bridgehead atoms. The zero-order valence-corrected chi connectivity index (χ0v) is 8.84. The van der Waals surface area contributed by atoms with Gasteiger partial charge in [-0.1, -0.05) is 17.7 Å². The summed E-state index contributed by atoms with van der Waals surface area (Å²) in [6.07, 6.45) is 7.89. The molecular weight excluding hydrogens is 182 g/mol. The van der Waals surface area contributed by atoms with Crippen LogP contribution in [-0.4, -0.2) is 24.5 Å². The first kappa shape index (κ1) is 9.54. The van der Waals surface area contributed by atoms with E-state index in [1.165, 1.54) is 38.8 Å². The van der Waals surface area contributed by atoms with Gasteiger partial charge in [0.15, 0.2) is 0 Å². The van der Waals surface area contributed by atoms with E-state index >= 15 is 0 Å². The van der Waals surface area contributed by atoms with Crippen molar-refractivity contribution in [1.82, 2.24) is 4.90 Å². The van der Waals surface area contributed by atoms with Crippen molar-refractivity contribution >= 4 is 11.6 Å². The summed E-state index contributed by atoms with van der Waals surface area (Å²) in [5, 5.41) is 0. The average Bonchev–Trinajstić information content (AvgIpc) is 2.99. The Labute approximate surface area is 85.8 Å². The molecule has 2 heteroatoms. The first-order valence-corrected chi connectivity index (χ1v) is 5.81. The van der Waals surface area contributed by atoms with Gasteiger partial charge in [-0.2, -0.15) is 0 Å². The molecular formula is C11H18ClN. The van der Waals surface area contributed by atoms with Gasteiger partial charge in [0, 0.05) is 12.1 Å². The highest BCUT2D eigenvalue weighted by molar-refractivity contribution is 6.25. The Balaban J connectivity index is 1.69. The molecule has 1 saturated carbocycles. The normalized spacial score (nSPS) is 27.2. The summed E-state index contributed by atoms with van der Waals surface area (Å²) in [4.78, 5) is 2.50. The van der Waals surface area contributed by atoms with Crippen molar-refractivity contribution in [3.05, 3.63) is 11.6 Å². The SMILES string of the molecule is Cl/C=C/CN1CCC(C2CC2)CC1. The lowest BCUT2D eigenvalue weighted by Gasteiger charge is -2.31. The van der Waals surface area contributed by atoms with Crippen LogP contribution in [0, 0.1) is 11.8 Å². The smallest absolute Gasteiger partial charge is 0.0174 e. The van der Waals surface area contributed by atoms with Crippen LogP contribution in [0.4, 0.5) is 0 Å². The van der Waals surface area contributed by atoms with E-state index in [0.717, 1.165) is 18.4 Å². The molecule has 1 saturated heterocycles. The van der Waals surface area contributed by atoms with Crippen LogP contribution in [0.25, 0.3) is 0 Å². The number of hydrogen-bond acceptors (Lipinski definition) is 1. The van der Waals surface area contributed by atoms with E-state index in [9.17, 15) is 0 Å². The minimum Gasteiger partial charge on any atom is -0.300 e. The van der Waals surface area contributed by atoms with Gasteiger partial charge < -0.3 is 0 Å². The van der Waals surface area contributed by atoms with E-state index in [1.54, 1.807) is 5.54 Å². The van der Waals surface area contributed by atoms with Gasteiger partial charge in [0.2, 0.25) is 0 Å². The number of likely N-dealkylation sites (tertiary alicyclic amines) is 1. The van der Waals surface area contributed by atoms with Crippen LogP contribution in [0.5, 0.6) is 0 Å². The van der Waals surface area contributed by atoms with Crippen molar-refractivity contribution in [2.24, 2.45) is 11.8 Å².